The lowest BCUT2D eigenvalue weighted by Gasteiger charge is -2.26. The van der Waals surface area contributed by atoms with Crippen LogP contribution >= 0.6 is 0 Å². The van der Waals surface area contributed by atoms with Crippen LogP contribution in [-0.2, 0) is 0 Å². The Balaban J connectivity index is 1.55. The minimum Gasteiger partial charge on any atom is -0.396 e. The van der Waals surface area contributed by atoms with Gasteiger partial charge >= 0.3 is 6.03 Å². The number of urea groups is 1. The molecule has 4 nitrogen and oxygen atoms in total. The van der Waals surface area contributed by atoms with Crippen LogP contribution < -0.4 is 5.32 Å². The molecular formula is C16H22N2O2. The third-order valence-corrected chi connectivity index (χ3v) is 4.57. The van der Waals surface area contributed by atoms with Gasteiger partial charge in [0.1, 0.15) is 0 Å². The van der Waals surface area contributed by atoms with Crippen molar-refractivity contribution in [1.82, 2.24) is 4.90 Å². The molecule has 1 saturated heterocycles. The Labute approximate surface area is 119 Å². The number of carbonyl (C=O) groups excluding carboxylic acids is 1. The molecule has 0 unspecified atom stereocenters. The van der Waals surface area contributed by atoms with Crippen LogP contribution in [0.4, 0.5) is 10.5 Å². The topological polar surface area (TPSA) is 52.6 Å². The number of likely N-dealkylation sites (tertiary alicyclic amines) is 1. The highest BCUT2D eigenvalue weighted by atomic mass is 16.3. The molecule has 1 saturated carbocycles. The summed E-state index contributed by atoms with van der Waals surface area (Å²) in [5, 5.41) is 12.0. The van der Waals surface area contributed by atoms with Crippen LogP contribution in [-0.4, -0.2) is 35.7 Å². The monoisotopic (exact) mass is 274 g/mol. The Hall–Kier alpha value is -1.55. The molecule has 108 valence electrons. The minimum absolute atomic E-state index is 0.0580. The first kappa shape index (κ1) is 13.4. The summed E-state index contributed by atoms with van der Waals surface area (Å²) in [5.74, 6) is 0.963. The number of benzene rings is 1. The summed E-state index contributed by atoms with van der Waals surface area (Å²) in [7, 11) is 0. The highest BCUT2D eigenvalue weighted by Gasteiger charge is 2.25. The molecule has 2 N–H and O–H groups in total. The number of hydrogen-bond acceptors (Lipinski definition) is 2. The average molecular weight is 274 g/mol. The number of carbonyl (C=O) groups is 1. The van der Waals surface area contributed by atoms with Gasteiger partial charge in [0.2, 0.25) is 0 Å². The van der Waals surface area contributed by atoms with E-state index in [2.05, 4.69) is 17.4 Å². The van der Waals surface area contributed by atoms with Gasteiger partial charge in [0, 0.05) is 31.3 Å². The van der Waals surface area contributed by atoms with E-state index in [0.717, 1.165) is 24.6 Å². The molecule has 4 heteroatoms. The van der Waals surface area contributed by atoms with Crippen molar-refractivity contribution in [2.45, 2.75) is 31.6 Å². The fraction of sp³-hybridized carbons (Fsp3) is 0.562. The van der Waals surface area contributed by atoms with Gasteiger partial charge in [0.15, 0.2) is 0 Å². The predicted molar refractivity (Wildman–Crippen MR) is 78.8 cm³/mol. The Morgan fingerprint density at radius 3 is 2.55 bits per heavy atom. The van der Waals surface area contributed by atoms with Gasteiger partial charge in [0.25, 0.3) is 0 Å². The van der Waals surface area contributed by atoms with Crippen molar-refractivity contribution in [3.8, 4) is 0 Å². The lowest BCUT2D eigenvalue weighted by Crippen LogP contribution is -2.33. The summed E-state index contributed by atoms with van der Waals surface area (Å²) in [4.78, 5) is 13.9. The molecule has 2 aliphatic rings. The number of anilines is 1. The Morgan fingerprint density at radius 2 is 2.00 bits per heavy atom. The van der Waals surface area contributed by atoms with Gasteiger partial charge in [-0.05, 0) is 42.9 Å². The van der Waals surface area contributed by atoms with E-state index in [9.17, 15) is 4.79 Å². The summed E-state index contributed by atoms with van der Waals surface area (Å²) in [5.41, 5.74) is 2.24. The van der Waals surface area contributed by atoms with Crippen molar-refractivity contribution in [2.75, 3.05) is 25.0 Å². The van der Waals surface area contributed by atoms with Crippen LogP contribution in [0.25, 0.3) is 0 Å². The fourth-order valence-electron chi connectivity index (χ4n) is 2.95. The van der Waals surface area contributed by atoms with Crippen LogP contribution in [0.2, 0.25) is 0 Å². The predicted octanol–water partition coefficient (Wildman–Crippen LogP) is 2.80. The number of amides is 2. The van der Waals surface area contributed by atoms with Gasteiger partial charge in [0.05, 0.1) is 0 Å². The molecule has 20 heavy (non-hydrogen) atoms. The lowest BCUT2D eigenvalue weighted by molar-refractivity contribution is 0.209. The normalized spacial score (nSPS) is 22.6. The van der Waals surface area contributed by atoms with Crippen LogP contribution in [0.15, 0.2) is 24.3 Å². The molecule has 0 spiro atoms. The first-order valence-electron chi connectivity index (χ1n) is 7.53. The minimum atomic E-state index is -0.0580. The quantitative estimate of drug-likeness (QED) is 0.890. The third kappa shape index (κ3) is 2.80. The van der Waals surface area contributed by atoms with Gasteiger partial charge < -0.3 is 15.3 Å². The van der Waals surface area contributed by atoms with Crippen LogP contribution in [0.5, 0.6) is 0 Å². The van der Waals surface area contributed by atoms with Gasteiger partial charge in [-0.2, -0.15) is 0 Å². The largest absolute Gasteiger partial charge is 0.396 e. The Kier molecular flexibility index (Phi) is 3.92. The van der Waals surface area contributed by atoms with Crippen molar-refractivity contribution in [3.05, 3.63) is 29.8 Å². The molecule has 3 rings (SSSR count). The molecule has 1 aromatic rings. The second-order valence-corrected chi connectivity index (χ2v) is 5.96. The summed E-state index contributed by atoms with van der Waals surface area (Å²) in [6.45, 7) is 1.56. The maximum Gasteiger partial charge on any atom is 0.321 e. The Bertz CT molecular complexity index is 468. The highest BCUT2D eigenvalue weighted by Crippen LogP contribution is 2.36. The molecule has 1 aromatic carbocycles. The number of aliphatic hydroxyl groups excluding tert-OH is 1. The van der Waals surface area contributed by atoms with Crippen molar-refractivity contribution >= 4 is 11.7 Å². The van der Waals surface area contributed by atoms with Crippen LogP contribution in [0.1, 0.15) is 37.2 Å². The maximum absolute atomic E-state index is 12.1. The number of hydrogen-bond donors (Lipinski definition) is 2. The zero-order chi connectivity index (χ0) is 13.9. The average Bonchev–Trinajstić information content (AvgIpc) is 2.88. The van der Waals surface area contributed by atoms with E-state index in [4.69, 9.17) is 5.11 Å². The molecule has 0 aromatic heterocycles. The van der Waals surface area contributed by atoms with Crippen LogP contribution in [0, 0.1) is 5.92 Å². The van der Waals surface area contributed by atoms with E-state index in [0.29, 0.717) is 6.54 Å². The lowest BCUT2D eigenvalue weighted by atomic mass is 9.80. The maximum atomic E-state index is 12.1. The molecule has 1 heterocycles. The highest BCUT2D eigenvalue weighted by molar-refractivity contribution is 5.89. The number of nitrogens with zero attached hydrogens (tertiary/aromatic N) is 1. The van der Waals surface area contributed by atoms with Gasteiger partial charge in [-0.25, -0.2) is 4.79 Å². The molecule has 2 amide bonds. The van der Waals surface area contributed by atoms with Gasteiger partial charge in [-0.15, -0.1) is 0 Å². The molecule has 1 atom stereocenters. The summed E-state index contributed by atoms with van der Waals surface area (Å²) in [6, 6.07) is 8.17. The van der Waals surface area contributed by atoms with E-state index in [1.54, 1.807) is 4.90 Å². The van der Waals surface area contributed by atoms with Crippen molar-refractivity contribution < 1.29 is 9.90 Å². The van der Waals surface area contributed by atoms with E-state index >= 15 is 0 Å². The molecule has 0 bridgehead atoms. The van der Waals surface area contributed by atoms with Crippen molar-refractivity contribution in [3.63, 3.8) is 0 Å². The molecule has 0 radical (unpaired) electrons. The van der Waals surface area contributed by atoms with E-state index in [1.807, 2.05) is 12.1 Å². The Morgan fingerprint density at radius 1 is 1.25 bits per heavy atom. The second-order valence-electron chi connectivity index (χ2n) is 5.96. The second kappa shape index (κ2) is 5.83. The summed E-state index contributed by atoms with van der Waals surface area (Å²) < 4.78 is 0. The first-order valence-corrected chi connectivity index (χ1v) is 7.53. The first-order chi connectivity index (χ1) is 9.76. The van der Waals surface area contributed by atoms with E-state index in [-0.39, 0.29) is 18.6 Å². The van der Waals surface area contributed by atoms with Crippen LogP contribution in [0.3, 0.4) is 0 Å². The third-order valence-electron chi connectivity index (χ3n) is 4.57. The number of nitrogens with one attached hydrogen (secondary N) is 1. The van der Waals surface area contributed by atoms with Crippen molar-refractivity contribution in [2.24, 2.45) is 5.92 Å². The van der Waals surface area contributed by atoms with Gasteiger partial charge in [-0.1, -0.05) is 18.6 Å². The van der Waals surface area contributed by atoms with Crippen molar-refractivity contribution in [1.29, 1.82) is 0 Å². The summed E-state index contributed by atoms with van der Waals surface area (Å²) in [6.07, 6.45) is 4.82. The number of aliphatic hydroxyl groups is 1. The fourth-order valence-corrected chi connectivity index (χ4v) is 2.95. The SMILES string of the molecule is O=C(Nc1ccc(C2CCC2)cc1)N1CC[C@H](CO)C1. The molecular weight excluding hydrogens is 252 g/mol. The number of rotatable bonds is 3. The zero-order valence-corrected chi connectivity index (χ0v) is 11.7. The summed E-state index contributed by atoms with van der Waals surface area (Å²) >= 11 is 0. The molecule has 1 aliphatic heterocycles. The van der Waals surface area contributed by atoms with E-state index in [1.165, 1.54) is 24.8 Å². The van der Waals surface area contributed by atoms with Gasteiger partial charge in [-0.3, -0.25) is 0 Å². The standard InChI is InChI=1S/C16H22N2O2/c19-11-12-8-9-18(10-12)16(20)17-15-6-4-14(5-7-15)13-2-1-3-13/h4-7,12-13,19H,1-3,8-11H2,(H,17,20)/t12-/m0/s1. The smallest absolute Gasteiger partial charge is 0.321 e. The molecule has 1 aliphatic carbocycles. The zero-order valence-electron chi connectivity index (χ0n) is 11.7. The van der Waals surface area contributed by atoms with E-state index < -0.39 is 0 Å². The molecule has 2 fully saturated rings.